The number of carbonyl (C=O) groups excluding carboxylic acids is 1. The predicted octanol–water partition coefficient (Wildman–Crippen LogP) is 3.47. The number of nitrogens with zero attached hydrogens (tertiary/aromatic N) is 2. The zero-order valence-electron chi connectivity index (χ0n) is 13.5. The Morgan fingerprint density at radius 1 is 1.25 bits per heavy atom. The van der Waals surface area contributed by atoms with Gasteiger partial charge in [-0.05, 0) is 30.9 Å². The minimum absolute atomic E-state index is 0.313. The molecule has 1 aliphatic carbocycles. The van der Waals surface area contributed by atoms with E-state index in [0.717, 1.165) is 30.5 Å². The summed E-state index contributed by atoms with van der Waals surface area (Å²) >= 11 is 0. The van der Waals surface area contributed by atoms with Gasteiger partial charge >= 0.3 is 5.97 Å². The third kappa shape index (κ3) is 2.52. The topological polar surface area (TPSA) is 57.3 Å². The summed E-state index contributed by atoms with van der Waals surface area (Å²) in [5.41, 5.74) is 4.67. The standard InChI is InChI=1S/C19H18N2O3/c1-2-23-19(22)17-15-9-8-14-11-21(10-13-6-4-3-5-7-13)12-16(14)18(15)24-20-17/h3-7,11-12H,2,8-10H2,1H3. The number of fused-ring (bicyclic) bond motifs is 3. The molecule has 0 atom stereocenters. The summed E-state index contributed by atoms with van der Waals surface area (Å²) in [6.07, 6.45) is 5.84. The van der Waals surface area contributed by atoms with Crippen molar-refractivity contribution >= 4 is 5.97 Å². The molecule has 3 aromatic rings. The average molecular weight is 322 g/mol. The minimum Gasteiger partial charge on any atom is -0.461 e. The molecule has 0 bridgehead atoms. The molecule has 0 radical (unpaired) electrons. The molecule has 0 saturated carbocycles. The van der Waals surface area contributed by atoms with E-state index in [2.05, 4.69) is 34.3 Å². The van der Waals surface area contributed by atoms with E-state index in [1.165, 1.54) is 11.1 Å². The highest BCUT2D eigenvalue weighted by molar-refractivity contribution is 5.91. The number of benzene rings is 1. The van der Waals surface area contributed by atoms with Crippen LogP contribution in [0.4, 0.5) is 0 Å². The molecule has 24 heavy (non-hydrogen) atoms. The van der Waals surface area contributed by atoms with Crippen LogP contribution in [0.5, 0.6) is 0 Å². The summed E-state index contributed by atoms with van der Waals surface area (Å²) in [5.74, 6) is 0.292. The second-order valence-electron chi connectivity index (χ2n) is 5.91. The maximum atomic E-state index is 12.0. The third-order valence-electron chi connectivity index (χ3n) is 4.32. The Morgan fingerprint density at radius 3 is 2.88 bits per heavy atom. The van der Waals surface area contributed by atoms with E-state index in [9.17, 15) is 4.79 Å². The lowest BCUT2D eigenvalue weighted by Gasteiger charge is -2.09. The zero-order chi connectivity index (χ0) is 16.5. The van der Waals surface area contributed by atoms with Crippen LogP contribution in [0, 0.1) is 0 Å². The van der Waals surface area contributed by atoms with E-state index in [4.69, 9.17) is 9.26 Å². The van der Waals surface area contributed by atoms with Crippen molar-refractivity contribution in [2.45, 2.75) is 26.3 Å². The Hall–Kier alpha value is -2.82. The normalized spacial score (nSPS) is 12.5. The van der Waals surface area contributed by atoms with Gasteiger partial charge in [0.05, 0.1) is 6.61 Å². The molecular formula is C19H18N2O3. The summed E-state index contributed by atoms with van der Waals surface area (Å²) in [4.78, 5) is 12.0. The monoisotopic (exact) mass is 322 g/mol. The van der Waals surface area contributed by atoms with Crippen LogP contribution in [0.25, 0.3) is 11.3 Å². The molecule has 0 N–H and O–H groups in total. The van der Waals surface area contributed by atoms with E-state index in [1.54, 1.807) is 6.92 Å². The first kappa shape index (κ1) is 14.8. The van der Waals surface area contributed by atoms with Crippen molar-refractivity contribution < 1.29 is 14.1 Å². The number of rotatable bonds is 4. The van der Waals surface area contributed by atoms with Gasteiger partial charge in [-0.2, -0.15) is 0 Å². The van der Waals surface area contributed by atoms with Gasteiger partial charge in [0, 0.05) is 30.1 Å². The molecule has 1 aromatic carbocycles. The number of esters is 1. The number of aromatic nitrogens is 2. The van der Waals surface area contributed by atoms with Gasteiger partial charge in [0.25, 0.3) is 0 Å². The number of hydrogen-bond acceptors (Lipinski definition) is 4. The van der Waals surface area contributed by atoms with Gasteiger partial charge in [-0.1, -0.05) is 35.5 Å². The quantitative estimate of drug-likeness (QED) is 0.690. The SMILES string of the molecule is CCOC(=O)c1noc2c1CCc1cn(Cc3ccccc3)cc1-2. The summed E-state index contributed by atoms with van der Waals surface area (Å²) in [6.45, 7) is 2.92. The van der Waals surface area contributed by atoms with E-state index < -0.39 is 5.97 Å². The highest BCUT2D eigenvalue weighted by atomic mass is 16.5. The summed E-state index contributed by atoms with van der Waals surface area (Å²) < 4.78 is 12.7. The molecule has 0 fully saturated rings. The van der Waals surface area contributed by atoms with Crippen molar-refractivity contribution in [3.63, 3.8) is 0 Å². The van der Waals surface area contributed by atoms with Gasteiger partial charge < -0.3 is 13.8 Å². The maximum absolute atomic E-state index is 12.0. The summed E-state index contributed by atoms with van der Waals surface area (Å²) in [7, 11) is 0. The third-order valence-corrected chi connectivity index (χ3v) is 4.32. The highest BCUT2D eigenvalue weighted by Gasteiger charge is 2.29. The van der Waals surface area contributed by atoms with E-state index in [-0.39, 0.29) is 0 Å². The van der Waals surface area contributed by atoms with Crippen LogP contribution in [0.2, 0.25) is 0 Å². The van der Waals surface area contributed by atoms with Crippen LogP contribution >= 0.6 is 0 Å². The lowest BCUT2D eigenvalue weighted by atomic mass is 9.93. The molecule has 1 aliphatic rings. The predicted molar refractivity (Wildman–Crippen MR) is 88.8 cm³/mol. The molecule has 2 heterocycles. The minimum atomic E-state index is -0.408. The Bertz CT molecular complexity index is 877. The Kier molecular flexibility index (Phi) is 3.69. The Labute approximate surface area is 139 Å². The molecule has 5 nitrogen and oxygen atoms in total. The molecule has 2 aromatic heterocycles. The van der Waals surface area contributed by atoms with Crippen molar-refractivity contribution in [2.75, 3.05) is 6.61 Å². The van der Waals surface area contributed by atoms with Gasteiger partial charge in [0.15, 0.2) is 11.5 Å². The molecular weight excluding hydrogens is 304 g/mol. The molecule has 0 unspecified atom stereocenters. The number of aryl methyl sites for hydroxylation is 1. The highest BCUT2D eigenvalue weighted by Crippen LogP contribution is 2.36. The first-order valence-corrected chi connectivity index (χ1v) is 8.15. The van der Waals surface area contributed by atoms with Gasteiger partial charge in [0.2, 0.25) is 0 Å². The summed E-state index contributed by atoms with van der Waals surface area (Å²) in [6, 6.07) is 10.3. The largest absolute Gasteiger partial charge is 0.461 e. The van der Waals surface area contributed by atoms with Crippen molar-refractivity contribution in [1.82, 2.24) is 9.72 Å². The van der Waals surface area contributed by atoms with Gasteiger partial charge in [0.1, 0.15) is 0 Å². The van der Waals surface area contributed by atoms with Crippen LogP contribution in [0.3, 0.4) is 0 Å². The fraction of sp³-hybridized carbons (Fsp3) is 0.263. The molecule has 5 heteroatoms. The van der Waals surface area contributed by atoms with Gasteiger partial charge in [-0.15, -0.1) is 0 Å². The smallest absolute Gasteiger partial charge is 0.360 e. The molecule has 0 amide bonds. The van der Waals surface area contributed by atoms with E-state index >= 15 is 0 Å². The first-order valence-electron chi connectivity index (χ1n) is 8.15. The number of hydrogen-bond donors (Lipinski definition) is 0. The van der Waals surface area contributed by atoms with Crippen molar-refractivity contribution in [1.29, 1.82) is 0 Å². The van der Waals surface area contributed by atoms with Crippen molar-refractivity contribution in [2.24, 2.45) is 0 Å². The van der Waals surface area contributed by atoms with Gasteiger partial charge in [-0.25, -0.2) is 4.79 Å². The second kappa shape index (κ2) is 6.00. The second-order valence-corrected chi connectivity index (χ2v) is 5.91. The average Bonchev–Trinajstić information content (AvgIpc) is 3.18. The van der Waals surface area contributed by atoms with E-state index in [1.807, 2.05) is 18.2 Å². The van der Waals surface area contributed by atoms with Crippen LogP contribution in [-0.4, -0.2) is 22.3 Å². The number of ether oxygens (including phenoxy) is 1. The lowest BCUT2D eigenvalue weighted by Crippen LogP contribution is -2.10. The fourth-order valence-corrected chi connectivity index (χ4v) is 3.22. The van der Waals surface area contributed by atoms with Crippen LogP contribution < -0.4 is 0 Å². The molecule has 0 saturated heterocycles. The van der Waals surface area contributed by atoms with Crippen molar-refractivity contribution in [3.05, 3.63) is 65.1 Å². The first-order chi connectivity index (χ1) is 11.8. The Morgan fingerprint density at radius 2 is 2.08 bits per heavy atom. The zero-order valence-corrected chi connectivity index (χ0v) is 13.5. The van der Waals surface area contributed by atoms with Gasteiger partial charge in [-0.3, -0.25) is 0 Å². The van der Waals surface area contributed by atoms with Crippen LogP contribution in [0.15, 0.2) is 47.2 Å². The Balaban J connectivity index is 1.66. The van der Waals surface area contributed by atoms with Crippen molar-refractivity contribution in [3.8, 4) is 11.3 Å². The molecule has 0 spiro atoms. The molecule has 122 valence electrons. The van der Waals surface area contributed by atoms with Crippen LogP contribution in [0.1, 0.15) is 34.1 Å². The van der Waals surface area contributed by atoms with Crippen LogP contribution in [-0.2, 0) is 24.1 Å². The molecule has 0 aliphatic heterocycles. The maximum Gasteiger partial charge on any atom is 0.360 e. The number of carbonyl (C=O) groups is 1. The fourth-order valence-electron chi connectivity index (χ4n) is 3.22. The lowest BCUT2D eigenvalue weighted by molar-refractivity contribution is 0.0513. The molecule has 4 rings (SSSR count). The summed E-state index contributed by atoms with van der Waals surface area (Å²) in [5, 5.41) is 3.95. The van der Waals surface area contributed by atoms with E-state index in [0.29, 0.717) is 18.1 Å².